The van der Waals surface area contributed by atoms with Gasteiger partial charge in [0.1, 0.15) is 11.9 Å². The molecule has 1 unspecified atom stereocenters. The van der Waals surface area contributed by atoms with Crippen LogP contribution in [0.5, 0.6) is 0 Å². The van der Waals surface area contributed by atoms with Crippen LogP contribution in [0.1, 0.15) is 22.3 Å². The molecule has 1 atom stereocenters. The van der Waals surface area contributed by atoms with E-state index in [0.29, 0.717) is 35.2 Å². The number of ether oxygens (including phenoxy) is 2. The number of carbonyl (C=O) groups is 1. The van der Waals surface area contributed by atoms with E-state index in [1.165, 1.54) is 0 Å². The minimum atomic E-state index is -0.180. The van der Waals surface area contributed by atoms with E-state index in [1.54, 1.807) is 32.5 Å². The fraction of sp³-hybridized carbons (Fsp3) is 0.250. The van der Waals surface area contributed by atoms with Crippen molar-refractivity contribution in [1.82, 2.24) is 15.3 Å². The van der Waals surface area contributed by atoms with E-state index in [-0.39, 0.29) is 12.0 Å². The van der Waals surface area contributed by atoms with Crippen molar-refractivity contribution in [1.29, 1.82) is 0 Å². The molecule has 2 heterocycles. The third-order valence-electron chi connectivity index (χ3n) is 4.75. The number of amides is 1. The van der Waals surface area contributed by atoms with Crippen LogP contribution in [0, 0.1) is 0 Å². The summed E-state index contributed by atoms with van der Waals surface area (Å²) in [6, 6.07) is 5.22. The second kappa shape index (κ2) is 7.61. The van der Waals surface area contributed by atoms with E-state index in [0.717, 1.165) is 22.6 Å². The van der Waals surface area contributed by atoms with Gasteiger partial charge in [-0.1, -0.05) is 17.7 Å². The van der Waals surface area contributed by atoms with Crippen molar-refractivity contribution in [3.05, 3.63) is 64.2 Å². The highest BCUT2D eigenvalue weighted by molar-refractivity contribution is 6.31. The minimum absolute atomic E-state index is 0.164. The fourth-order valence-corrected chi connectivity index (χ4v) is 3.48. The largest absolute Gasteiger partial charge is 0.498 e. The van der Waals surface area contributed by atoms with Crippen LogP contribution in [0.25, 0.3) is 11.3 Å². The minimum Gasteiger partial charge on any atom is -0.498 e. The molecule has 1 aliphatic heterocycles. The summed E-state index contributed by atoms with van der Waals surface area (Å²) in [5.74, 6) is 1.04. The zero-order valence-corrected chi connectivity index (χ0v) is 16.2. The third kappa shape index (κ3) is 3.46. The van der Waals surface area contributed by atoms with Crippen molar-refractivity contribution in [2.45, 2.75) is 19.1 Å². The van der Waals surface area contributed by atoms with Crippen LogP contribution in [0.3, 0.4) is 0 Å². The highest BCUT2D eigenvalue weighted by Gasteiger charge is 2.23. The lowest BCUT2D eigenvalue weighted by molar-refractivity contribution is 0.0776. The fourth-order valence-electron chi connectivity index (χ4n) is 3.30. The van der Waals surface area contributed by atoms with Gasteiger partial charge in [0.25, 0.3) is 5.91 Å². The van der Waals surface area contributed by atoms with Crippen LogP contribution in [-0.2, 0) is 16.0 Å². The van der Waals surface area contributed by atoms with Crippen LogP contribution in [0.15, 0.2) is 48.0 Å². The lowest BCUT2D eigenvalue weighted by atomic mass is 10.0. The number of allylic oxidation sites excluding steroid dienone is 2. The quantitative estimate of drug-likeness (QED) is 0.822. The predicted octanol–water partition coefficient (Wildman–Crippen LogP) is 3.29. The molecule has 0 fully saturated rings. The average Bonchev–Trinajstić information content (AvgIpc) is 2.84. The third-order valence-corrected chi connectivity index (χ3v) is 4.98. The highest BCUT2D eigenvalue weighted by atomic mass is 35.5. The number of rotatable bonds is 4. The Morgan fingerprint density at radius 2 is 2.11 bits per heavy atom. The molecule has 0 saturated carbocycles. The van der Waals surface area contributed by atoms with E-state index in [4.69, 9.17) is 21.1 Å². The lowest BCUT2D eigenvalue weighted by Crippen LogP contribution is -2.22. The van der Waals surface area contributed by atoms with Crippen molar-refractivity contribution in [2.24, 2.45) is 0 Å². The van der Waals surface area contributed by atoms with Crippen LogP contribution < -0.4 is 10.6 Å². The zero-order chi connectivity index (χ0) is 19.7. The maximum atomic E-state index is 12.4. The molecule has 1 amide bonds. The number of hydrogen-bond acceptors (Lipinski definition) is 6. The summed E-state index contributed by atoms with van der Waals surface area (Å²) in [5, 5.41) is 6.61. The molecule has 8 heteroatoms. The Hall–Kier alpha value is -2.90. The van der Waals surface area contributed by atoms with Crippen molar-refractivity contribution in [3.8, 4) is 11.3 Å². The average molecular weight is 399 g/mol. The molecule has 0 radical (unpaired) electrons. The topological polar surface area (TPSA) is 85.4 Å². The maximum Gasteiger partial charge on any atom is 0.252 e. The molecule has 2 aromatic rings. The number of benzene rings is 1. The van der Waals surface area contributed by atoms with Gasteiger partial charge in [-0.15, -0.1) is 0 Å². The number of fused-ring (bicyclic) bond motifs is 3. The number of anilines is 1. The van der Waals surface area contributed by atoms with E-state index in [1.807, 2.05) is 18.2 Å². The summed E-state index contributed by atoms with van der Waals surface area (Å²) in [4.78, 5) is 21.5. The van der Waals surface area contributed by atoms with Crippen molar-refractivity contribution in [2.75, 3.05) is 19.5 Å². The predicted molar refractivity (Wildman–Crippen MR) is 106 cm³/mol. The summed E-state index contributed by atoms with van der Waals surface area (Å²) in [5.41, 5.74) is 3.68. The first kappa shape index (κ1) is 18.5. The second-order valence-corrected chi connectivity index (χ2v) is 6.90. The number of nitrogens with zero attached hydrogens (tertiary/aromatic N) is 2. The summed E-state index contributed by atoms with van der Waals surface area (Å²) in [7, 11) is 3.27. The van der Waals surface area contributed by atoms with Crippen molar-refractivity contribution < 1.29 is 14.3 Å². The van der Waals surface area contributed by atoms with Gasteiger partial charge in [-0.05, 0) is 24.3 Å². The van der Waals surface area contributed by atoms with Crippen LogP contribution in [0.2, 0.25) is 5.02 Å². The van der Waals surface area contributed by atoms with E-state index >= 15 is 0 Å². The second-order valence-electron chi connectivity index (χ2n) is 6.46. The molecule has 144 valence electrons. The molecule has 4 rings (SSSR count). The van der Waals surface area contributed by atoms with Crippen molar-refractivity contribution in [3.63, 3.8) is 0 Å². The van der Waals surface area contributed by atoms with Crippen LogP contribution in [-0.4, -0.2) is 36.2 Å². The molecule has 1 aliphatic carbocycles. The van der Waals surface area contributed by atoms with Gasteiger partial charge in [0.15, 0.2) is 0 Å². The summed E-state index contributed by atoms with van der Waals surface area (Å²) < 4.78 is 10.8. The summed E-state index contributed by atoms with van der Waals surface area (Å²) in [6.07, 6.45) is 5.96. The van der Waals surface area contributed by atoms with Gasteiger partial charge in [0, 0.05) is 48.1 Å². The molecule has 0 saturated heterocycles. The Morgan fingerprint density at radius 1 is 1.25 bits per heavy atom. The van der Waals surface area contributed by atoms with Gasteiger partial charge in [0.05, 0.1) is 18.4 Å². The number of halogens is 1. The Labute approximate surface area is 167 Å². The van der Waals surface area contributed by atoms with Gasteiger partial charge < -0.3 is 20.1 Å². The molecule has 0 bridgehead atoms. The number of methoxy groups -OCH3 is 2. The Kier molecular flexibility index (Phi) is 5.02. The Balaban J connectivity index is 1.68. The molecule has 7 nitrogen and oxygen atoms in total. The maximum absolute atomic E-state index is 12.4. The molecule has 2 aliphatic rings. The normalized spacial score (nSPS) is 18.1. The van der Waals surface area contributed by atoms with Gasteiger partial charge in [-0.3, -0.25) is 4.79 Å². The van der Waals surface area contributed by atoms with Gasteiger partial charge in [0.2, 0.25) is 5.95 Å². The first-order valence-corrected chi connectivity index (χ1v) is 9.15. The van der Waals surface area contributed by atoms with E-state index < -0.39 is 0 Å². The first-order valence-electron chi connectivity index (χ1n) is 8.77. The van der Waals surface area contributed by atoms with Crippen molar-refractivity contribution >= 4 is 23.5 Å². The molecular weight excluding hydrogens is 380 g/mol. The van der Waals surface area contributed by atoms with E-state index in [9.17, 15) is 4.79 Å². The van der Waals surface area contributed by atoms with Gasteiger partial charge in [-0.2, -0.15) is 0 Å². The van der Waals surface area contributed by atoms with Gasteiger partial charge in [-0.25, -0.2) is 9.97 Å². The Morgan fingerprint density at radius 3 is 2.89 bits per heavy atom. The van der Waals surface area contributed by atoms with Gasteiger partial charge >= 0.3 is 0 Å². The summed E-state index contributed by atoms with van der Waals surface area (Å²) in [6.45, 7) is 0.356. The monoisotopic (exact) mass is 398 g/mol. The summed E-state index contributed by atoms with van der Waals surface area (Å²) >= 11 is 6.07. The molecule has 1 aromatic carbocycles. The molecule has 28 heavy (non-hydrogen) atoms. The molecule has 2 N–H and O–H groups in total. The zero-order valence-electron chi connectivity index (χ0n) is 15.5. The Bertz CT molecular complexity index is 1000. The number of nitrogens with one attached hydrogen (secondary N) is 2. The number of hydrogen-bond donors (Lipinski definition) is 2. The first-order chi connectivity index (χ1) is 13.6. The van der Waals surface area contributed by atoms with E-state index in [2.05, 4.69) is 20.6 Å². The molecule has 1 aromatic heterocycles. The number of carbonyl (C=O) groups excluding carboxylic acids is 1. The smallest absolute Gasteiger partial charge is 0.252 e. The standard InChI is InChI=1S/C20H19ClN4O3/c1-27-16-6-4-13(8-17(16)28-2)24-20-23-10-11-9-22-19(26)15-7-12(21)3-5-14(15)18(11)25-20/h3-7,10,17H,8-9H2,1-2H3,(H,22,26)(H,23,24,25). The highest BCUT2D eigenvalue weighted by Crippen LogP contribution is 2.31. The molecule has 0 spiro atoms. The number of aromatic nitrogens is 2. The SMILES string of the molecule is COC1=CC=C(Nc2ncc3c(n2)-c2ccc(Cl)cc2C(=O)NC3)CC1OC. The lowest BCUT2D eigenvalue weighted by Gasteiger charge is -2.23. The van der Waals surface area contributed by atoms with Crippen LogP contribution >= 0.6 is 11.6 Å². The van der Waals surface area contributed by atoms with Crippen LogP contribution in [0.4, 0.5) is 5.95 Å². The molecular formula is C20H19ClN4O3.